The van der Waals surface area contributed by atoms with Crippen LogP contribution in [0.15, 0.2) is 24.3 Å². The summed E-state index contributed by atoms with van der Waals surface area (Å²) in [5, 5.41) is 23.3. The monoisotopic (exact) mass is 1040 g/mol. The Kier molecular flexibility index (Phi) is 62.4. The number of rotatable bonds is 63. The number of hydrogen-bond acceptors (Lipinski definition) is 5. The molecule has 6 nitrogen and oxygen atoms in total. The largest absolute Gasteiger partial charge is 0.466 e. The van der Waals surface area contributed by atoms with Crippen LogP contribution in [-0.2, 0) is 14.3 Å². The van der Waals surface area contributed by atoms with Crippen LogP contribution in [0.1, 0.15) is 373 Å². The number of unbranched alkanes of at least 4 members (excludes halogenated alkanes) is 48. The zero-order valence-corrected chi connectivity index (χ0v) is 50.1. The fraction of sp³-hybridized carbons (Fsp3) is 0.912. The third-order valence-corrected chi connectivity index (χ3v) is 15.7. The molecule has 0 aromatic carbocycles. The molecule has 0 aromatic heterocycles. The highest BCUT2D eigenvalue weighted by molar-refractivity contribution is 5.76. The van der Waals surface area contributed by atoms with E-state index in [9.17, 15) is 19.8 Å². The van der Waals surface area contributed by atoms with Gasteiger partial charge in [-0.05, 0) is 77.0 Å². The lowest BCUT2D eigenvalue weighted by molar-refractivity contribution is -0.143. The minimum atomic E-state index is -0.663. The van der Waals surface area contributed by atoms with Gasteiger partial charge < -0.3 is 20.3 Å². The molecule has 2 atom stereocenters. The first kappa shape index (κ1) is 72.3. The van der Waals surface area contributed by atoms with Crippen LogP contribution in [0.3, 0.4) is 0 Å². The minimum Gasteiger partial charge on any atom is -0.466 e. The normalized spacial score (nSPS) is 12.6. The van der Waals surface area contributed by atoms with Gasteiger partial charge >= 0.3 is 5.97 Å². The fourth-order valence-electron chi connectivity index (χ4n) is 10.6. The lowest BCUT2D eigenvalue weighted by Crippen LogP contribution is -2.45. The van der Waals surface area contributed by atoms with Gasteiger partial charge in [0, 0.05) is 12.8 Å². The maximum Gasteiger partial charge on any atom is 0.305 e. The van der Waals surface area contributed by atoms with E-state index in [0.29, 0.717) is 25.9 Å². The highest BCUT2D eigenvalue weighted by atomic mass is 16.5. The molecule has 0 saturated heterocycles. The van der Waals surface area contributed by atoms with Crippen LogP contribution in [0.2, 0.25) is 0 Å². The van der Waals surface area contributed by atoms with E-state index in [1.54, 1.807) is 0 Å². The molecular weight excluding hydrogens is 911 g/mol. The van der Waals surface area contributed by atoms with Gasteiger partial charge in [-0.1, -0.05) is 308 Å². The summed E-state index contributed by atoms with van der Waals surface area (Å²) < 4.78 is 5.49. The van der Waals surface area contributed by atoms with Crippen molar-refractivity contribution in [3.05, 3.63) is 24.3 Å². The van der Waals surface area contributed by atoms with Crippen molar-refractivity contribution in [2.45, 2.75) is 386 Å². The molecule has 6 heteroatoms. The second-order valence-corrected chi connectivity index (χ2v) is 23.1. The summed E-state index contributed by atoms with van der Waals surface area (Å²) in [6, 6.07) is -0.540. The third kappa shape index (κ3) is 59.6. The van der Waals surface area contributed by atoms with E-state index in [-0.39, 0.29) is 18.5 Å². The number of carbonyl (C=O) groups is 2. The van der Waals surface area contributed by atoms with E-state index in [0.717, 1.165) is 44.9 Å². The van der Waals surface area contributed by atoms with Crippen molar-refractivity contribution in [2.24, 2.45) is 0 Å². The molecule has 0 radical (unpaired) electrons. The molecule has 2 unspecified atom stereocenters. The Labute approximate surface area is 462 Å². The molecule has 0 rings (SSSR count). The zero-order chi connectivity index (χ0) is 53.6. The molecule has 0 heterocycles. The van der Waals surface area contributed by atoms with Crippen molar-refractivity contribution in [2.75, 3.05) is 13.2 Å². The van der Waals surface area contributed by atoms with E-state index in [4.69, 9.17) is 4.74 Å². The smallest absolute Gasteiger partial charge is 0.305 e. The predicted octanol–water partition coefficient (Wildman–Crippen LogP) is 21.4. The topological polar surface area (TPSA) is 95.9 Å². The second kappa shape index (κ2) is 63.9. The van der Waals surface area contributed by atoms with Crippen molar-refractivity contribution in [3.63, 3.8) is 0 Å². The Bertz CT molecular complexity index is 1150. The molecule has 0 aliphatic heterocycles. The first-order valence-electron chi connectivity index (χ1n) is 33.6. The van der Waals surface area contributed by atoms with E-state index in [1.165, 1.54) is 295 Å². The van der Waals surface area contributed by atoms with Crippen molar-refractivity contribution in [1.29, 1.82) is 0 Å². The third-order valence-electron chi connectivity index (χ3n) is 15.7. The van der Waals surface area contributed by atoms with Crippen molar-refractivity contribution in [3.8, 4) is 0 Å². The molecular formula is C68H131NO5. The van der Waals surface area contributed by atoms with Crippen LogP contribution in [0.25, 0.3) is 0 Å². The van der Waals surface area contributed by atoms with E-state index >= 15 is 0 Å². The number of ether oxygens (including phenoxy) is 1. The second-order valence-electron chi connectivity index (χ2n) is 23.1. The van der Waals surface area contributed by atoms with Gasteiger partial charge in [-0.15, -0.1) is 0 Å². The molecule has 0 aromatic rings. The Morgan fingerprint density at radius 1 is 0.365 bits per heavy atom. The summed E-state index contributed by atoms with van der Waals surface area (Å²) in [6.45, 7) is 4.97. The van der Waals surface area contributed by atoms with Crippen LogP contribution >= 0.6 is 0 Å². The Morgan fingerprint density at radius 2 is 0.635 bits per heavy atom. The summed E-state index contributed by atoms with van der Waals surface area (Å²) in [6.07, 6.45) is 79.3. The average Bonchev–Trinajstić information content (AvgIpc) is 3.40. The Morgan fingerprint density at radius 3 is 0.959 bits per heavy atom. The standard InChI is InChI=1S/C68H131NO5/c1-3-5-7-9-11-13-15-17-18-34-38-42-46-50-54-58-62-68(73)74-63-59-55-51-47-43-39-35-32-30-28-26-24-22-20-19-21-23-25-27-29-31-33-37-41-45-49-53-57-61-67(72)69-65(64-70)66(71)60-56-52-48-44-40-36-16-14-12-10-8-6-4-2/h18-20,34,65-66,70-71H,3-17,21-33,35-64H2,1-2H3,(H,69,72)/b20-19-,34-18-. The molecule has 0 fully saturated rings. The summed E-state index contributed by atoms with van der Waals surface area (Å²) in [5.41, 5.74) is 0. The average molecular weight is 1040 g/mol. The van der Waals surface area contributed by atoms with Crippen LogP contribution in [0.4, 0.5) is 0 Å². The molecule has 438 valence electrons. The van der Waals surface area contributed by atoms with Crippen molar-refractivity contribution in [1.82, 2.24) is 5.32 Å². The predicted molar refractivity (Wildman–Crippen MR) is 324 cm³/mol. The van der Waals surface area contributed by atoms with Gasteiger partial charge in [0.1, 0.15) is 0 Å². The van der Waals surface area contributed by atoms with Crippen molar-refractivity contribution < 1.29 is 24.5 Å². The van der Waals surface area contributed by atoms with Gasteiger partial charge in [0.05, 0.1) is 25.4 Å². The van der Waals surface area contributed by atoms with E-state index in [2.05, 4.69) is 43.5 Å². The molecule has 74 heavy (non-hydrogen) atoms. The lowest BCUT2D eigenvalue weighted by atomic mass is 10.0. The zero-order valence-electron chi connectivity index (χ0n) is 50.1. The number of hydrogen-bond donors (Lipinski definition) is 3. The number of esters is 1. The first-order valence-corrected chi connectivity index (χ1v) is 33.6. The number of aliphatic hydroxyl groups excluding tert-OH is 2. The van der Waals surface area contributed by atoms with E-state index in [1.807, 2.05) is 0 Å². The molecule has 0 aliphatic rings. The van der Waals surface area contributed by atoms with Gasteiger partial charge in [-0.3, -0.25) is 9.59 Å². The summed E-state index contributed by atoms with van der Waals surface area (Å²) in [4.78, 5) is 24.6. The number of aliphatic hydroxyl groups is 2. The number of carbonyl (C=O) groups excluding carboxylic acids is 2. The number of nitrogens with one attached hydrogen (secondary N) is 1. The minimum absolute atomic E-state index is 0.00894. The summed E-state index contributed by atoms with van der Waals surface area (Å²) in [7, 11) is 0. The SMILES string of the molecule is CCCCCCCCC/C=C\CCCCCCCC(=O)OCCCCCCCCCCCCCC/C=C\CCCCCCCCCCCCCCC(=O)NC(CO)C(O)CCCCCCCCCCCCCCC. The maximum absolute atomic E-state index is 12.5. The van der Waals surface area contributed by atoms with Crippen LogP contribution < -0.4 is 5.32 Å². The highest BCUT2D eigenvalue weighted by Crippen LogP contribution is 2.18. The fourth-order valence-corrected chi connectivity index (χ4v) is 10.6. The molecule has 0 bridgehead atoms. The van der Waals surface area contributed by atoms with Gasteiger partial charge in [0.2, 0.25) is 5.91 Å². The molecule has 3 N–H and O–H groups in total. The van der Waals surface area contributed by atoms with Crippen LogP contribution in [0, 0.1) is 0 Å². The van der Waals surface area contributed by atoms with Gasteiger partial charge in [0.15, 0.2) is 0 Å². The van der Waals surface area contributed by atoms with Crippen LogP contribution in [-0.4, -0.2) is 47.4 Å². The Hall–Kier alpha value is -1.66. The van der Waals surface area contributed by atoms with Gasteiger partial charge in [-0.25, -0.2) is 0 Å². The summed E-state index contributed by atoms with van der Waals surface area (Å²) in [5.74, 6) is -0.0244. The highest BCUT2D eigenvalue weighted by Gasteiger charge is 2.20. The lowest BCUT2D eigenvalue weighted by Gasteiger charge is -2.22. The maximum atomic E-state index is 12.5. The molecule has 0 saturated carbocycles. The van der Waals surface area contributed by atoms with Gasteiger partial charge in [0.25, 0.3) is 0 Å². The Balaban J connectivity index is 3.36. The van der Waals surface area contributed by atoms with Crippen LogP contribution in [0.5, 0.6) is 0 Å². The first-order chi connectivity index (χ1) is 36.5. The summed E-state index contributed by atoms with van der Waals surface area (Å²) >= 11 is 0. The number of allylic oxidation sites excluding steroid dienone is 4. The van der Waals surface area contributed by atoms with E-state index < -0.39 is 12.1 Å². The quantitative estimate of drug-likeness (QED) is 0.0320. The molecule has 0 aliphatic carbocycles. The van der Waals surface area contributed by atoms with Gasteiger partial charge in [-0.2, -0.15) is 0 Å². The molecule has 1 amide bonds. The van der Waals surface area contributed by atoms with Crippen molar-refractivity contribution >= 4 is 11.9 Å². The molecule has 0 spiro atoms. The number of amides is 1.